The molecule has 0 saturated heterocycles. The Morgan fingerprint density at radius 3 is 2.26 bits per heavy atom. The van der Waals surface area contributed by atoms with Crippen LogP contribution in [0, 0.1) is 0 Å². The highest BCUT2D eigenvalue weighted by molar-refractivity contribution is 9.10. The van der Waals surface area contributed by atoms with Crippen molar-refractivity contribution >= 4 is 24.7 Å². The summed E-state index contributed by atoms with van der Waals surface area (Å²) in [6.07, 6.45) is 0. The van der Waals surface area contributed by atoms with E-state index < -0.39 is 21.3 Å². The summed E-state index contributed by atoms with van der Waals surface area (Å²) in [7, 11) is -0.928. The average molecular weight is 351 g/mol. The molecule has 108 valence electrons. The lowest BCUT2D eigenvalue weighted by atomic mass is 10.1. The Hall–Kier alpha value is -0.263. The van der Waals surface area contributed by atoms with Crippen LogP contribution in [-0.2, 0) is 10.7 Å². The van der Waals surface area contributed by atoms with Gasteiger partial charge in [-0.3, -0.25) is 0 Å². The van der Waals surface area contributed by atoms with Crippen LogP contribution in [0.3, 0.4) is 0 Å². The second-order valence-corrected chi connectivity index (χ2v) is 10.5. The Balaban J connectivity index is 2.64. The zero-order valence-electron chi connectivity index (χ0n) is 11.8. The molecule has 0 atom stereocenters. The van der Waals surface area contributed by atoms with E-state index in [2.05, 4.69) is 42.9 Å². The van der Waals surface area contributed by atoms with Gasteiger partial charge in [-0.25, -0.2) is 0 Å². The van der Waals surface area contributed by atoms with E-state index in [0.717, 1.165) is 0 Å². The van der Waals surface area contributed by atoms with E-state index in [1.165, 1.54) is 6.07 Å². The molecular weight excluding hydrogens is 330 g/mol. The smallest absolute Gasteiger partial charge is 0.297 e. The molecule has 0 amide bonds. The average Bonchev–Trinajstić information content (AvgIpc) is 2.28. The predicted molar refractivity (Wildman–Crippen MR) is 81.8 cm³/mol. The lowest BCUT2D eigenvalue weighted by Gasteiger charge is -2.29. The van der Waals surface area contributed by atoms with Gasteiger partial charge in [0.05, 0.1) is 0 Å². The SMILES string of the molecule is C[SiH](C)C(C)(C)COCC(F)(F)c1ccccc1Br. The Bertz CT molecular complexity index is 422. The summed E-state index contributed by atoms with van der Waals surface area (Å²) in [6, 6.07) is 6.38. The first-order valence-electron chi connectivity index (χ1n) is 6.37. The summed E-state index contributed by atoms with van der Waals surface area (Å²) >= 11 is 3.16. The van der Waals surface area contributed by atoms with Crippen LogP contribution in [0.4, 0.5) is 8.78 Å². The molecular formula is C14H21BrF2OSi. The fourth-order valence-corrected chi connectivity index (χ4v) is 2.47. The molecule has 0 saturated carbocycles. The summed E-state index contributed by atoms with van der Waals surface area (Å²) in [5.41, 5.74) is -0.0189. The van der Waals surface area contributed by atoms with Gasteiger partial charge in [-0.15, -0.1) is 0 Å². The molecule has 0 aliphatic heterocycles. The van der Waals surface area contributed by atoms with E-state index in [1.54, 1.807) is 18.2 Å². The van der Waals surface area contributed by atoms with Gasteiger partial charge in [-0.05, 0) is 11.1 Å². The number of alkyl halides is 2. The number of rotatable bonds is 6. The zero-order chi connectivity index (χ0) is 14.7. The first-order valence-corrected chi connectivity index (χ1v) is 10.1. The van der Waals surface area contributed by atoms with Gasteiger partial charge in [-0.1, -0.05) is 61.1 Å². The maximum atomic E-state index is 14.0. The van der Waals surface area contributed by atoms with Gasteiger partial charge in [0.2, 0.25) is 0 Å². The molecule has 0 aliphatic carbocycles. The minimum Gasteiger partial charge on any atom is -0.375 e. The molecule has 0 aliphatic rings. The van der Waals surface area contributed by atoms with E-state index in [-0.39, 0.29) is 10.6 Å². The molecule has 0 spiro atoms. The van der Waals surface area contributed by atoms with Gasteiger partial charge in [0.25, 0.3) is 5.92 Å². The van der Waals surface area contributed by atoms with Crippen LogP contribution in [0.25, 0.3) is 0 Å². The van der Waals surface area contributed by atoms with Gasteiger partial charge in [0.1, 0.15) is 6.61 Å². The summed E-state index contributed by atoms with van der Waals surface area (Å²) in [5.74, 6) is -2.96. The van der Waals surface area contributed by atoms with Crippen molar-refractivity contribution in [2.75, 3.05) is 13.2 Å². The van der Waals surface area contributed by atoms with Crippen molar-refractivity contribution in [1.29, 1.82) is 0 Å². The van der Waals surface area contributed by atoms with E-state index >= 15 is 0 Å². The number of hydrogen-bond donors (Lipinski definition) is 0. The quantitative estimate of drug-likeness (QED) is 0.668. The molecule has 0 unspecified atom stereocenters. The maximum Gasteiger partial charge on any atom is 0.297 e. The molecule has 0 fully saturated rings. The molecule has 5 heteroatoms. The molecule has 1 rings (SSSR count). The number of hydrogen-bond acceptors (Lipinski definition) is 1. The molecule has 0 radical (unpaired) electrons. The van der Waals surface area contributed by atoms with Gasteiger partial charge in [0.15, 0.2) is 0 Å². The number of halogens is 3. The van der Waals surface area contributed by atoms with E-state index in [4.69, 9.17) is 4.74 Å². The minimum absolute atomic E-state index is 0.0189. The fourth-order valence-electron chi connectivity index (χ4n) is 1.44. The van der Waals surface area contributed by atoms with Crippen LogP contribution < -0.4 is 0 Å². The molecule has 0 aromatic heterocycles. The van der Waals surface area contributed by atoms with E-state index in [1.807, 2.05) is 0 Å². The normalized spacial score (nSPS) is 13.1. The van der Waals surface area contributed by atoms with Gasteiger partial charge in [0, 0.05) is 25.4 Å². The molecule has 0 heterocycles. The van der Waals surface area contributed by atoms with Crippen LogP contribution in [0.5, 0.6) is 0 Å². The van der Waals surface area contributed by atoms with Crippen LogP contribution in [0.2, 0.25) is 18.1 Å². The largest absolute Gasteiger partial charge is 0.375 e. The second kappa shape index (κ2) is 6.46. The van der Waals surface area contributed by atoms with E-state index in [9.17, 15) is 8.78 Å². The second-order valence-electron chi connectivity index (χ2n) is 5.82. The first-order chi connectivity index (χ1) is 8.67. The lowest BCUT2D eigenvalue weighted by Crippen LogP contribution is -2.29. The molecule has 19 heavy (non-hydrogen) atoms. The number of ether oxygens (including phenoxy) is 1. The topological polar surface area (TPSA) is 9.23 Å². The van der Waals surface area contributed by atoms with Crippen LogP contribution in [0.15, 0.2) is 28.7 Å². The fraction of sp³-hybridized carbons (Fsp3) is 0.571. The maximum absolute atomic E-state index is 14.0. The summed E-state index contributed by atoms with van der Waals surface area (Å²) in [6.45, 7) is 8.39. The molecule has 0 N–H and O–H groups in total. The standard InChI is InChI=1S/C14H21BrF2OSi/c1-13(2,19(3)4)9-18-10-14(16,17)11-7-5-6-8-12(11)15/h5-8,19H,9-10H2,1-4H3. The third-order valence-corrected chi connectivity index (χ3v) is 7.57. The summed E-state index contributed by atoms with van der Waals surface area (Å²) < 4.78 is 33.8. The predicted octanol–water partition coefficient (Wildman–Crippen LogP) is 4.82. The Morgan fingerprint density at radius 1 is 1.16 bits per heavy atom. The van der Waals surface area contributed by atoms with Gasteiger partial charge >= 0.3 is 0 Å². The highest BCUT2D eigenvalue weighted by atomic mass is 79.9. The molecule has 1 aromatic carbocycles. The Morgan fingerprint density at radius 2 is 1.74 bits per heavy atom. The van der Waals surface area contributed by atoms with Crippen molar-refractivity contribution in [3.05, 3.63) is 34.3 Å². The van der Waals surface area contributed by atoms with Gasteiger partial charge < -0.3 is 4.74 Å². The van der Waals surface area contributed by atoms with Crippen LogP contribution in [0.1, 0.15) is 19.4 Å². The highest BCUT2D eigenvalue weighted by Gasteiger charge is 2.35. The van der Waals surface area contributed by atoms with Crippen molar-refractivity contribution in [2.24, 2.45) is 0 Å². The Labute approximate surface area is 124 Å². The first kappa shape index (κ1) is 16.8. The Kier molecular flexibility index (Phi) is 5.71. The summed E-state index contributed by atoms with van der Waals surface area (Å²) in [5, 5.41) is 0.0317. The minimum atomic E-state index is -2.96. The van der Waals surface area contributed by atoms with Crippen molar-refractivity contribution in [1.82, 2.24) is 0 Å². The third kappa shape index (κ3) is 4.65. The van der Waals surface area contributed by atoms with E-state index in [0.29, 0.717) is 11.1 Å². The molecule has 1 nitrogen and oxygen atoms in total. The van der Waals surface area contributed by atoms with Crippen LogP contribution in [-0.4, -0.2) is 22.0 Å². The monoisotopic (exact) mass is 350 g/mol. The van der Waals surface area contributed by atoms with Crippen molar-refractivity contribution in [3.8, 4) is 0 Å². The zero-order valence-corrected chi connectivity index (χ0v) is 14.6. The van der Waals surface area contributed by atoms with Crippen molar-refractivity contribution in [3.63, 3.8) is 0 Å². The molecule has 1 aromatic rings. The van der Waals surface area contributed by atoms with Crippen molar-refractivity contribution < 1.29 is 13.5 Å². The van der Waals surface area contributed by atoms with Crippen LogP contribution >= 0.6 is 15.9 Å². The lowest BCUT2D eigenvalue weighted by molar-refractivity contribution is -0.0866. The van der Waals surface area contributed by atoms with Crippen molar-refractivity contribution in [2.45, 2.75) is 37.9 Å². The third-order valence-electron chi connectivity index (χ3n) is 3.59. The summed E-state index contributed by atoms with van der Waals surface area (Å²) in [4.78, 5) is 0. The molecule has 0 bridgehead atoms. The highest BCUT2D eigenvalue weighted by Crippen LogP contribution is 2.35. The number of benzene rings is 1. The van der Waals surface area contributed by atoms with Gasteiger partial charge in [-0.2, -0.15) is 8.78 Å².